The van der Waals surface area contributed by atoms with E-state index in [1.165, 1.54) is 17.7 Å². The molecule has 1 aliphatic rings. The Kier molecular flexibility index (Phi) is 3.99. The molecule has 0 saturated carbocycles. The molecule has 0 aliphatic carbocycles. The van der Waals surface area contributed by atoms with E-state index in [0.717, 1.165) is 30.8 Å². The predicted molar refractivity (Wildman–Crippen MR) is 82.6 cm³/mol. The van der Waals surface area contributed by atoms with Gasteiger partial charge >= 0.3 is 0 Å². The molecule has 22 heavy (non-hydrogen) atoms. The van der Waals surface area contributed by atoms with Crippen LogP contribution in [-0.4, -0.2) is 32.5 Å². The van der Waals surface area contributed by atoms with E-state index in [1.54, 1.807) is 6.20 Å². The molecule has 1 atom stereocenters. The van der Waals surface area contributed by atoms with Gasteiger partial charge in [-0.3, -0.25) is 4.79 Å². The van der Waals surface area contributed by atoms with E-state index < -0.39 is 0 Å². The van der Waals surface area contributed by atoms with Gasteiger partial charge in [0.05, 0.1) is 17.2 Å². The van der Waals surface area contributed by atoms with Gasteiger partial charge in [-0.15, -0.1) is 11.3 Å². The van der Waals surface area contributed by atoms with Crippen LogP contribution in [-0.2, 0) is 6.42 Å². The lowest BCUT2D eigenvalue weighted by molar-refractivity contribution is 0.0733. The number of carbonyl (C=O) groups excluding carboxylic acids is 1. The van der Waals surface area contributed by atoms with Crippen LogP contribution >= 0.6 is 11.3 Å². The summed E-state index contributed by atoms with van der Waals surface area (Å²) in [7, 11) is 0. The van der Waals surface area contributed by atoms with E-state index in [-0.39, 0.29) is 17.4 Å². The molecule has 7 heteroatoms. The van der Waals surface area contributed by atoms with Crippen molar-refractivity contribution in [3.63, 3.8) is 0 Å². The molecule has 1 unspecified atom stereocenters. The average Bonchev–Trinajstić information content (AvgIpc) is 3.17. The molecule has 0 N–H and O–H groups in total. The zero-order valence-corrected chi connectivity index (χ0v) is 13.9. The molecule has 0 aromatic carbocycles. The lowest BCUT2D eigenvalue weighted by Crippen LogP contribution is -2.30. The van der Waals surface area contributed by atoms with Crippen molar-refractivity contribution < 1.29 is 9.32 Å². The van der Waals surface area contributed by atoms with Crippen LogP contribution in [0.25, 0.3) is 0 Å². The smallest absolute Gasteiger partial charge is 0.266 e. The molecule has 1 fully saturated rings. The van der Waals surface area contributed by atoms with Crippen LogP contribution in [0.1, 0.15) is 60.2 Å². The number of thiazole rings is 1. The molecule has 0 spiro atoms. The second kappa shape index (κ2) is 5.79. The van der Waals surface area contributed by atoms with Crippen LogP contribution in [0.2, 0.25) is 0 Å². The third-order valence-corrected chi connectivity index (χ3v) is 4.62. The number of rotatable bonds is 3. The monoisotopic (exact) mass is 320 g/mol. The number of hydrogen-bond donors (Lipinski definition) is 0. The first-order chi connectivity index (χ1) is 10.4. The van der Waals surface area contributed by atoms with E-state index in [1.807, 2.05) is 4.90 Å². The third kappa shape index (κ3) is 3.19. The van der Waals surface area contributed by atoms with Gasteiger partial charge in [-0.05, 0) is 18.3 Å². The zero-order valence-electron chi connectivity index (χ0n) is 13.1. The molecular formula is C15H20N4O2S. The summed E-state index contributed by atoms with van der Waals surface area (Å²) in [5.41, 5.74) is 0.166. The highest BCUT2D eigenvalue weighted by Gasteiger charge is 2.34. The Morgan fingerprint density at radius 2 is 2.27 bits per heavy atom. The topological polar surface area (TPSA) is 72.1 Å². The Bertz CT molecular complexity index is 645. The van der Waals surface area contributed by atoms with Crippen molar-refractivity contribution in [2.45, 2.75) is 46.1 Å². The summed E-state index contributed by atoms with van der Waals surface area (Å²) in [6.07, 6.45) is 5.71. The molecule has 2 aromatic rings. The first-order valence-corrected chi connectivity index (χ1v) is 8.28. The van der Waals surface area contributed by atoms with Gasteiger partial charge in [0.15, 0.2) is 5.82 Å². The Labute approximate surface area is 133 Å². The maximum absolute atomic E-state index is 12.7. The second-order valence-electron chi connectivity index (χ2n) is 6.80. The number of hydrogen-bond acceptors (Lipinski definition) is 6. The minimum Gasteiger partial charge on any atom is -0.343 e. The first-order valence-electron chi connectivity index (χ1n) is 7.46. The highest BCUT2D eigenvalue weighted by atomic mass is 32.1. The third-order valence-electron chi connectivity index (χ3n) is 3.64. The maximum Gasteiger partial charge on any atom is 0.266 e. The Balaban J connectivity index is 1.76. The zero-order chi connectivity index (χ0) is 15.7. The van der Waals surface area contributed by atoms with E-state index in [0.29, 0.717) is 10.7 Å². The summed E-state index contributed by atoms with van der Waals surface area (Å²) in [4.78, 5) is 23.8. The molecule has 3 rings (SSSR count). The quantitative estimate of drug-likeness (QED) is 0.869. The highest BCUT2D eigenvalue weighted by Crippen LogP contribution is 2.32. The lowest BCUT2D eigenvalue weighted by atomic mass is 9.93. The lowest BCUT2D eigenvalue weighted by Gasteiger charge is -2.21. The van der Waals surface area contributed by atoms with Gasteiger partial charge in [0, 0.05) is 13.0 Å². The summed E-state index contributed by atoms with van der Waals surface area (Å²) in [6, 6.07) is -0.0839. The molecule has 1 saturated heterocycles. The van der Waals surface area contributed by atoms with E-state index in [2.05, 4.69) is 35.9 Å². The summed E-state index contributed by atoms with van der Waals surface area (Å²) >= 11 is 1.49. The summed E-state index contributed by atoms with van der Waals surface area (Å²) in [5.74, 6) is 0.607. The molecular weight excluding hydrogens is 300 g/mol. The average molecular weight is 320 g/mol. The maximum atomic E-state index is 12.7. The number of likely N-dealkylation sites (tertiary alicyclic amines) is 1. The second-order valence-corrected chi connectivity index (χ2v) is 7.92. The SMILES string of the molecule is CC(C)(C)Cc1ncc(C(=O)N2CCCC2c2ncon2)s1. The number of amides is 1. The van der Waals surface area contributed by atoms with Crippen LogP contribution in [0, 0.1) is 5.41 Å². The summed E-state index contributed by atoms with van der Waals surface area (Å²) in [6.45, 7) is 7.23. The van der Waals surface area contributed by atoms with Crippen LogP contribution in [0.15, 0.2) is 17.1 Å². The van der Waals surface area contributed by atoms with Crippen molar-refractivity contribution in [3.05, 3.63) is 28.3 Å². The van der Waals surface area contributed by atoms with Gasteiger partial charge in [0.25, 0.3) is 5.91 Å². The fraction of sp³-hybridized carbons (Fsp3) is 0.600. The Hall–Kier alpha value is -1.76. The van der Waals surface area contributed by atoms with Crippen molar-refractivity contribution in [1.29, 1.82) is 0 Å². The first kappa shape index (κ1) is 15.1. The molecule has 0 radical (unpaired) electrons. The fourth-order valence-corrected chi connectivity index (χ4v) is 3.86. The van der Waals surface area contributed by atoms with Crippen molar-refractivity contribution in [2.24, 2.45) is 5.41 Å². The van der Waals surface area contributed by atoms with Crippen molar-refractivity contribution in [1.82, 2.24) is 20.0 Å². The van der Waals surface area contributed by atoms with Crippen LogP contribution in [0.5, 0.6) is 0 Å². The van der Waals surface area contributed by atoms with Crippen LogP contribution in [0.3, 0.4) is 0 Å². The fourth-order valence-electron chi connectivity index (χ4n) is 2.69. The number of nitrogens with zero attached hydrogens (tertiary/aromatic N) is 4. The standard InChI is InChI=1S/C15H20N4O2S/c1-15(2,3)7-12-16-8-11(22-12)14(20)19-6-4-5-10(19)13-17-9-21-18-13/h8-10H,4-7H2,1-3H3. The molecule has 1 amide bonds. The molecule has 6 nitrogen and oxygen atoms in total. The molecule has 3 heterocycles. The van der Waals surface area contributed by atoms with Gasteiger partial charge in [0.1, 0.15) is 4.88 Å². The highest BCUT2D eigenvalue weighted by molar-refractivity contribution is 7.13. The van der Waals surface area contributed by atoms with Crippen molar-refractivity contribution in [2.75, 3.05) is 6.54 Å². The molecule has 0 bridgehead atoms. The Morgan fingerprint density at radius 3 is 2.95 bits per heavy atom. The number of carbonyl (C=O) groups is 1. The number of aromatic nitrogens is 3. The predicted octanol–water partition coefficient (Wildman–Crippen LogP) is 3.09. The van der Waals surface area contributed by atoms with Crippen molar-refractivity contribution in [3.8, 4) is 0 Å². The van der Waals surface area contributed by atoms with E-state index >= 15 is 0 Å². The molecule has 1 aliphatic heterocycles. The van der Waals surface area contributed by atoms with Crippen molar-refractivity contribution >= 4 is 17.2 Å². The van der Waals surface area contributed by atoms with Gasteiger partial charge in [-0.2, -0.15) is 4.98 Å². The minimum absolute atomic E-state index is 0.0185. The molecule has 118 valence electrons. The van der Waals surface area contributed by atoms with E-state index in [4.69, 9.17) is 4.52 Å². The van der Waals surface area contributed by atoms with Gasteiger partial charge in [-0.1, -0.05) is 25.9 Å². The van der Waals surface area contributed by atoms with Crippen LogP contribution in [0.4, 0.5) is 0 Å². The largest absolute Gasteiger partial charge is 0.343 e. The summed E-state index contributed by atoms with van der Waals surface area (Å²) in [5, 5.41) is 4.89. The van der Waals surface area contributed by atoms with E-state index in [9.17, 15) is 4.79 Å². The van der Waals surface area contributed by atoms with Gasteiger partial charge in [0.2, 0.25) is 6.39 Å². The Morgan fingerprint density at radius 1 is 1.45 bits per heavy atom. The van der Waals surface area contributed by atoms with Crippen LogP contribution < -0.4 is 0 Å². The molecule has 2 aromatic heterocycles. The van der Waals surface area contributed by atoms with Gasteiger partial charge < -0.3 is 9.42 Å². The minimum atomic E-state index is -0.0839. The van der Waals surface area contributed by atoms with Gasteiger partial charge in [-0.25, -0.2) is 4.98 Å². The normalized spacial score (nSPS) is 18.9. The summed E-state index contributed by atoms with van der Waals surface area (Å²) < 4.78 is 4.81.